The number of carbonyl (C=O) groups is 1. The Morgan fingerprint density at radius 2 is 2.25 bits per heavy atom. The Bertz CT molecular complexity index is 348. The van der Waals surface area contributed by atoms with Crippen LogP contribution in [0.25, 0.3) is 0 Å². The number of carbonyl (C=O) groups excluding carboxylic acids is 1. The van der Waals surface area contributed by atoms with Crippen molar-refractivity contribution in [1.29, 1.82) is 0 Å². The summed E-state index contributed by atoms with van der Waals surface area (Å²) in [6.07, 6.45) is 3.48. The van der Waals surface area contributed by atoms with E-state index in [2.05, 4.69) is 10.2 Å². The van der Waals surface area contributed by atoms with E-state index in [9.17, 15) is 4.79 Å². The van der Waals surface area contributed by atoms with E-state index < -0.39 is 0 Å². The van der Waals surface area contributed by atoms with Crippen LogP contribution >= 0.6 is 0 Å². The molecule has 2 rings (SSSR count). The molecule has 0 saturated carbocycles. The summed E-state index contributed by atoms with van der Waals surface area (Å²) >= 11 is 0. The van der Waals surface area contributed by atoms with Crippen molar-refractivity contribution < 1.29 is 9.53 Å². The normalized spacial score (nSPS) is 17.2. The van der Waals surface area contributed by atoms with Gasteiger partial charge in [-0.1, -0.05) is 0 Å². The lowest BCUT2D eigenvalue weighted by Crippen LogP contribution is -2.40. The van der Waals surface area contributed by atoms with Crippen molar-refractivity contribution in [1.82, 2.24) is 15.1 Å². The molecule has 1 aliphatic heterocycles. The number of hydrogen-bond acceptors (Lipinski definition) is 4. The van der Waals surface area contributed by atoms with Gasteiger partial charge in [-0.25, -0.2) is 0 Å². The summed E-state index contributed by atoms with van der Waals surface area (Å²) < 4.78 is 5.67. The molecule has 1 saturated heterocycles. The van der Waals surface area contributed by atoms with Gasteiger partial charge in [0.05, 0.1) is 0 Å². The molecule has 0 radical (unpaired) electrons. The molecule has 86 valence electrons. The Morgan fingerprint density at radius 1 is 1.50 bits per heavy atom. The number of ether oxygens (including phenoxy) is 1. The molecule has 5 nitrogen and oxygen atoms in total. The molecule has 1 fully saturated rings. The van der Waals surface area contributed by atoms with E-state index in [-0.39, 0.29) is 12.0 Å². The van der Waals surface area contributed by atoms with Crippen LogP contribution in [0.4, 0.5) is 0 Å². The zero-order chi connectivity index (χ0) is 11.4. The summed E-state index contributed by atoms with van der Waals surface area (Å²) in [6, 6.07) is 3.59. The zero-order valence-corrected chi connectivity index (χ0v) is 9.30. The van der Waals surface area contributed by atoms with Crippen LogP contribution in [0.5, 0.6) is 5.88 Å². The molecule has 0 unspecified atom stereocenters. The molecule has 2 heterocycles. The Hall–Kier alpha value is -1.65. The Balaban J connectivity index is 1.84. The predicted molar refractivity (Wildman–Crippen MR) is 57.9 cm³/mol. The Morgan fingerprint density at radius 3 is 2.81 bits per heavy atom. The SMILES string of the molecule is CC(=O)N1CCC(Oc2cccnn2)CC1. The standard InChI is InChI=1S/C11H15N3O2/c1-9(15)14-7-4-10(5-8-14)16-11-3-2-6-12-13-11/h2-3,6,10H,4-5,7-8H2,1H3. The monoisotopic (exact) mass is 221 g/mol. The van der Waals surface area contributed by atoms with Crippen LogP contribution in [0.3, 0.4) is 0 Å². The maximum absolute atomic E-state index is 11.1. The second kappa shape index (κ2) is 4.92. The molecule has 1 amide bonds. The molecule has 0 N–H and O–H groups in total. The first-order valence-electron chi connectivity index (χ1n) is 5.45. The Labute approximate surface area is 94.4 Å². The molecule has 1 aliphatic rings. The molecule has 0 aliphatic carbocycles. The third-order valence-corrected chi connectivity index (χ3v) is 2.72. The van der Waals surface area contributed by atoms with Gasteiger partial charge in [-0.3, -0.25) is 4.79 Å². The molecule has 0 atom stereocenters. The quantitative estimate of drug-likeness (QED) is 0.743. The van der Waals surface area contributed by atoms with Gasteiger partial charge in [0.15, 0.2) is 0 Å². The minimum Gasteiger partial charge on any atom is -0.473 e. The highest BCUT2D eigenvalue weighted by Crippen LogP contribution is 2.16. The molecular weight excluding hydrogens is 206 g/mol. The van der Waals surface area contributed by atoms with E-state index in [1.54, 1.807) is 25.3 Å². The van der Waals surface area contributed by atoms with Crippen molar-refractivity contribution in [2.75, 3.05) is 13.1 Å². The number of nitrogens with zero attached hydrogens (tertiary/aromatic N) is 3. The minimum atomic E-state index is 0.137. The van der Waals surface area contributed by atoms with Crippen LogP contribution in [-0.4, -0.2) is 40.2 Å². The lowest BCUT2D eigenvalue weighted by Gasteiger charge is -2.31. The van der Waals surface area contributed by atoms with Gasteiger partial charge in [-0.15, -0.1) is 5.10 Å². The fourth-order valence-electron chi connectivity index (χ4n) is 1.81. The number of aromatic nitrogens is 2. The van der Waals surface area contributed by atoms with Crippen molar-refractivity contribution in [2.24, 2.45) is 0 Å². The average Bonchev–Trinajstić information content (AvgIpc) is 2.31. The van der Waals surface area contributed by atoms with Crippen LogP contribution in [0, 0.1) is 0 Å². The summed E-state index contributed by atoms with van der Waals surface area (Å²) in [6.45, 7) is 3.13. The molecule has 0 aromatic carbocycles. The number of rotatable bonds is 2. The second-order valence-corrected chi connectivity index (χ2v) is 3.89. The molecule has 1 aromatic heterocycles. The van der Waals surface area contributed by atoms with Crippen molar-refractivity contribution in [3.05, 3.63) is 18.3 Å². The number of hydrogen-bond donors (Lipinski definition) is 0. The van der Waals surface area contributed by atoms with Gasteiger partial charge in [0.2, 0.25) is 11.8 Å². The zero-order valence-electron chi connectivity index (χ0n) is 9.30. The van der Waals surface area contributed by atoms with Gasteiger partial charge in [-0.2, -0.15) is 5.10 Å². The minimum absolute atomic E-state index is 0.137. The first kappa shape index (κ1) is 10.9. The van der Waals surface area contributed by atoms with Crippen LogP contribution in [0.2, 0.25) is 0 Å². The van der Waals surface area contributed by atoms with Gasteiger partial charge in [-0.05, 0) is 6.07 Å². The van der Waals surface area contributed by atoms with E-state index >= 15 is 0 Å². The first-order chi connectivity index (χ1) is 7.75. The molecule has 0 bridgehead atoms. The third kappa shape index (κ3) is 2.68. The Kier molecular flexibility index (Phi) is 3.34. The summed E-state index contributed by atoms with van der Waals surface area (Å²) in [4.78, 5) is 13.0. The number of likely N-dealkylation sites (tertiary alicyclic amines) is 1. The second-order valence-electron chi connectivity index (χ2n) is 3.89. The van der Waals surface area contributed by atoms with Crippen molar-refractivity contribution >= 4 is 5.91 Å². The van der Waals surface area contributed by atoms with Crippen molar-refractivity contribution in [2.45, 2.75) is 25.9 Å². The number of amides is 1. The molecule has 0 spiro atoms. The molecular formula is C11H15N3O2. The van der Waals surface area contributed by atoms with Crippen molar-refractivity contribution in [3.8, 4) is 5.88 Å². The molecule has 16 heavy (non-hydrogen) atoms. The fourth-order valence-corrected chi connectivity index (χ4v) is 1.81. The van der Waals surface area contributed by atoms with Crippen LogP contribution in [-0.2, 0) is 4.79 Å². The maximum atomic E-state index is 11.1. The highest BCUT2D eigenvalue weighted by atomic mass is 16.5. The van der Waals surface area contributed by atoms with Gasteiger partial charge >= 0.3 is 0 Å². The smallest absolute Gasteiger partial charge is 0.233 e. The molecule has 5 heteroatoms. The van der Waals surface area contributed by atoms with Crippen LogP contribution in [0.15, 0.2) is 18.3 Å². The predicted octanol–water partition coefficient (Wildman–Crippen LogP) is 0.866. The highest BCUT2D eigenvalue weighted by molar-refractivity contribution is 5.73. The lowest BCUT2D eigenvalue weighted by atomic mass is 10.1. The summed E-state index contributed by atoms with van der Waals surface area (Å²) in [5.74, 6) is 0.696. The number of piperidine rings is 1. The van der Waals surface area contributed by atoms with Crippen LogP contribution in [0.1, 0.15) is 19.8 Å². The van der Waals surface area contributed by atoms with Gasteiger partial charge in [0.25, 0.3) is 0 Å². The van der Waals surface area contributed by atoms with E-state index in [1.165, 1.54) is 0 Å². The van der Waals surface area contributed by atoms with E-state index in [4.69, 9.17) is 4.74 Å². The topological polar surface area (TPSA) is 55.3 Å². The van der Waals surface area contributed by atoms with E-state index in [0.717, 1.165) is 25.9 Å². The maximum Gasteiger partial charge on any atom is 0.233 e. The first-order valence-corrected chi connectivity index (χ1v) is 5.45. The lowest BCUT2D eigenvalue weighted by molar-refractivity contribution is -0.130. The highest BCUT2D eigenvalue weighted by Gasteiger charge is 2.22. The van der Waals surface area contributed by atoms with E-state index in [1.807, 2.05) is 4.90 Å². The summed E-state index contributed by atoms with van der Waals surface area (Å²) in [7, 11) is 0. The van der Waals surface area contributed by atoms with Crippen LogP contribution < -0.4 is 4.74 Å². The van der Waals surface area contributed by atoms with Crippen molar-refractivity contribution in [3.63, 3.8) is 0 Å². The fraction of sp³-hybridized carbons (Fsp3) is 0.545. The largest absolute Gasteiger partial charge is 0.473 e. The van der Waals surface area contributed by atoms with Gasteiger partial charge in [0, 0.05) is 45.1 Å². The van der Waals surface area contributed by atoms with Gasteiger partial charge in [0.1, 0.15) is 6.10 Å². The summed E-state index contributed by atoms with van der Waals surface area (Å²) in [5, 5.41) is 7.63. The average molecular weight is 221 g/mol. The van der Waals surface area contributed by atoms with E-state index in [0.29, 0.717) is 5.88 Å². The molecule has 1 aromatic rings. The summed E-state index contributed by atoms with van der Waals surface area (Å²) in [5.41, 5.74) is 0. The van der Waals surface area contributed by atoms with Gasteiger partial charge < -0.3 is 9.64 Å². The third-order valence-electron chi connectivity index (χ3n) is 2.72.